The molecule has 2 bridgehead atoms. The molecule has 104 valence electrons. The first kappa shape index (κ1) is 13.7. The highest BCUT2D eigenvalue weighted by Crippen LogP contribution is 2.30. The molecule has 2 heterocycles. The Labute approximate surface area is 111 Å². The van der Waals surface area contributed by atoms with Crippen molar-refractivity contribution < 1.29 is 4.79 Å². The lowest BCUT2D eigenvalue weighted by Crippen LogP contribution is -2.53. The van der Waals surface area contributed by atoms with Crippen LogP contribution in [-0.2, 0) is 0 Å². The molecule has 4 nitrogen and oxygen atoms in total. The van der Waals surface area contributed by atoms with E-state index in [0.29, 0.717) is 18.1 Å². The zero-order valence-corrected chi connectivity index (χ0v) is 12.0. The van der Waals surface area contributed by atoms with Crippen LogP contribution < -0.4 is 5.32 Å². The van der Waals surface area contributed by atoms with Gasteiger partial charge in [0, 0.05) is 37.8 Å². The number of amides is 2. The van der Waals surface area contributed by atoms with Crippen LogP contribution in [0.4, 0.5) is 4.79 Å². The third-order valence-corrected chi connectivity index (χ3v) is 4.51. The molecule has 1 N–H and O–H groups in total. The van der Waals surface area contributed by atoms with Gasteiger partial charge >= 0.3 is 6.03 Å². The van der Waals surface area contributed by atoms with Gasteiger partial charge in [-0.25, -0.2) is 4.79 Å². The normalized spacial score (nSPS) is 30.3. The Morgan fingerprint density at radius 3 is 2.06 bits per heavy atom. The number of carbonyl (C=O) groups is 1. The molecule has 2 atom stereocenters. The van der Waals surface area contributed by atoms with Crippen molar-refractivity contribution in [2.45, 2.75) is 64.6 Å². The highest BCUT2D eigenvalue weighted by atomic mass is 16.2. The Bertz CT molecular complexity index is 279. The molecule has 18 heavy (non-hydrogen) atoms. The van der Waals surface area contributed by atoms with Crippen LogP contribution in [0.2, 0.25) is 0 Å². The number of carbonyl (C=O) groups excluding carboxylic acids is 1. The largest absolute Gasteiger partial charge is 0.325 e. The van der Waals surface area contributed by atoms with E-state index < -0.39 is 0 Å². The Kier molecular flexibility index (Phi) is 4.49. The minimum atomic E-state index is 0.230. The fourth-order valence-electron chi connectivity index (χ4n) is 3.51. The van der Waals surface area contributed by atoms with Crippen molar-refractivity contribution in [2.75, 3.05) is 19.6 Å². The summed E-state index contributed by atoms with van der Waals surface area (Å²) in [5.41, 5.74) is 0. The average molecular weight is 253 g/mol. The van der Waals surface area contributed by atoms with Gasteiger partial charge in [-0.2, -0.15) is 0 Å². The van der Waals surface area contributed by atoms with Crippen LogP contribution in [-0.4, -0.2) is 53.6 Å². The molecule has 2 saturated heterocycles. The van der Waals surface area contributed by atoms with E-state index in [2.05, 4.69) is 31.0 Å². The monoisotopic (exact) mass is 253 g/mol. The van der Waals surface area contributed by atoms with Crippen molar-refractivity contribution in [3.05, 3.63) is 0 Å². The number of nitrogens with one attached hydrogen (secondary N) is 1. The summed E-state index contributed by atoms with van der Waals surface area (Å²) in [5, 5.41) is 3.64. The van der Waals surface area contributed by atoms with Gasteiger partial charge in [-0.05, 0) is 46.5 Å². The summed E-state index contributed by atoms with van der Waals surface area (Å²) in [4.78, 5) is 16.5. The van der Waals surface area contributed by atoms with Gasteiger partial charge in [-0.3, -0.25) is 0 Å². The van der Waals surface area contributed by atoms with Crippen LogP contribution in [0.1, 0.15) is 46.5 Å². The Hall–Kier alpha value is -0.770. The third kappa shape index (κ3) is 2.63. The van der Waals surface area contributed by atoms with E-state index in [1.54, 1.807) is 0 Å². The number of hydrogen-bond donors (Lipinski definition) is 1. The second kappa shape index (κ2) is 5.91. The molecule has 2 rings (SSSR count). The first-order chi connectivity index (χ1) is 8.69. The van der Waals surface area contributed by atoms with Gasteiger partial charge in [0.2, 0.25) is 0 Å². The lowest BCUT2D eigenvalue weighted by Gasteiger charge is -2.39. The Morgan fingerprint density at radius 1 is 1.06 bits per heavy atom. The molecule has 0 aromatic carbocycles. The van der Waals surface area contributed by atoms with Crippen molar-refractivity contribution in [1.29, 1.82) is 0 Å². The van der Waals surface area contributed by atoms with Crippen LogP contribution >= 0.6 is 0 Å². The summed E-state index contributed by atoms with van der Waals surface area (Å²) in [5.74, 6) is 0. The van der Waals surface area contributed by atoms with E-state index in [0.717, 1.165) is 32.5 Å². The maximum atomic E-state index is 12.5. The van der Waals surface area contributed by atoms with Crippen molar-refractivity contribution in [2.24, 2.45) is 0 Å². The van der Waals surface area contributed by atoms with Crippen LogP contribution in [0.15, 0.2) is 0 Å². The van der Waals surface area contributed by atoms with Gasteiger partial charge in [0.1, 0.15) is 0 Å². The highest BCUT2D eigenvalue weighted by Gasteiger charge is 2.37. The Balaban J connectivity index is 2.01. The summed E-state index contributed by atoms with van der Waals surface area (Å²) in [6.07, 6.45) is 4.85. The molecule has 0 spiro atoms. The minimum Gasteiger partial charge on any atom is -0.325 e. The van der Waals surface area contributed by atoms with Crippen molar-refractivity contribution in [3.63, 3.8) is 0 Å². The summed E-state index contributed by atoms with van der Waals surface area (Å²) < 4.78 is 0. The molecule has 0 aromatic rings. The SMILES string of the molecule is CCN(CC)C(=O)N(CC)C1CC2CCC(C1)N2. The van der Waals surface area contributed by atoms with Gasteiger partial charge in [0.25, 0.3) is 0 Å². The van der Waals surface area contributed by atoms with Gasteiger partial charge in [0.05, 0.1) is 0 Å². The molecular weight excluding hydrogens is 226 g/mol. The predicted molar refractivity (Wildman–Crippen MR) is 73.7 cm³/mol. The number of hydrogen-bond acceptors (Lipinski definition) is 2. The molecule has 0 aliphatic carbocycles. The second-order valence-electron chi connectivity index (χ2n) is 5.50. The number of urea groups is 1. The predicted octanol–water partition coefficient (Wildman–Crippen LogP) is 2.05. The maximum absolute atomic E-state index is 12.5. The fraction of sp³-hybridized carbons (Fsp3) is 0.929. The third-order valence-electron chi connectivity index (χ3n) is 4.51. The Morgan fingerprint density at radius 2 is 1.61 bits per heavy atom. The summed E-state index contributed by atoms with van der Waals surface area (Å²) in [6, 6.07) is 1.97. The van der Waals surface area contributed by atoms with Gasteiger partial charge < -0.3 is 15.1 Å². The molecule has 4 heteroatoms. The molecule has 2 aliphatic heterocycles. The molecule has 2 aliphatic rings. The zero-order chi connectivity index (χ0) is 13.1. The molecule has 0 radical (unpaired) electrons. The molecule has 0 aromatic heterocycles. The summed E-state index contributed by atoms with van der Waals surface area (Å²) >= 11 is 0. The van der Waals surface area contributed by atoms with E-state index in [-0.39, 0.29) is 6.03 Å². The summed E-state index contributed by atoms with van der Waals surface area (Å²) in [7, 11) is 0. The smallest absolute Gasteiger partial charge is 0.320 e. The molecular formula is C14H27N3O. The average Bonchev–Trinajstić information content (AvgIpc) is 2.71. The van der Waals surface area contributed by atoms with E-state index >= 15 is 0 Å². The van der Waals surface area contributed by atoms with E-state index in [1.165, 1.54) is 12.8 Å². The van der Waals surface area contributed by atoms with Gasteiger partial charge in [-0.15, -0.1) is 0 Å². The van der Waals surface area contributed by atoms with Crippen LogP contribution in [0.25, 0.3) is 0 Å². The number of piperidine rings is 1. The zero-order valence-electron chi connectivity index (χ0n) is 12.0. The van der Waals surface area contributed by atoms with E-state index in [9.17, 15) is 4.79 Å². The standard InChI is InChI=1S/C14H27N3O/c1-4-16(5-2)14(18)17(6-3)13-9-11-7-8-12(10-13)15-11/h11-13,15H,4-10H2,1-3H3. The minimum absolute atomic E-state index is 0.230. The van der Waals surface area contributed by atoms with Gasteiger partial charge in [0.15, 0.2) is 0 Å². The summed E-state index contributed by atoms with van der Waals surface area (Å²) in [6.45, 7) is 8.67. The van der Waals surface area contributed by atoms with Crippen LogP contribution in [0.5, 0.6) is 0 Å². The van der Waals surface area contributed by atoms with E-state index in [1.807, 2.05) is 4.90 Å². The number of fused-ring (bicyclic) bond motifs is 2. The van der Waals surface area contributed by atoms with Gasteiger partial charge in [-0.1, -0.05) is 0 Å². The first-order valence-electron chi connectivity index (χ1n) is 7.51. The maximum Gasteiger partial charge on any atom is 0.320 e. The lowest BCUT2D eigenvalue weighted by atomic mass is 9.98. The quantitative estimate of drug-likeness (QED) is 0.832. The van der Waals surface area contributed by atoms with Crippen LogP contribution in [0.3, 0.4) is 0 Å². The van der Waals surface area contributed by atoms with Crippen molar-refractivity contribution in [1.82, 2.24) is 15.1 Å². The highest BCUT2D eigenvalue weighted by molar-refractivity contribution is 5.74. The van der Waals surface area contributed by atoms with E-state index in [4.69, 9.17) is 0 Å². The van der Waals surface area contributed by atoms with Crippen molar-refractivity contribution in [3.8, 4) is 0 Å². The topological polar surface area (TPSA) is 35.6 Å². The fourth-order valence-corrected chi connectivity index (χ4v) is 3.51. The molecule has 0 saturated carbocycles. The molecule has 2 fully saturated rings. The number of rotatable bonds is 4. The van der Waals surface area contributed by atoms with Crippen molar-refractivity contribution >= 4 is 6.03 Å². The first-order valence-corrected chi connectivity index (χ1v) is 7.51. The second-order valence-corrected chi connectivity index (χ2v) is 5.50. The molecule has 2 unspecified atom stereocenters. The van der Waals surface area contributed by atoms with Crippen LogP contribution in [0, 0.1) is 0 Å². The number of nitrogens with zero attached hydrogens (tertiary/aromatic N) is 2. The lowest BCUT2D eigenvalue weighted by molar-refractivity contribution is 0.120. The molecule has 2 amide bonds.